The maximum atomic E-state index is 12.9. The number of carbonyl (C=O) groups excluding carboxylic acids is 2. The first-order valence-corrected chi connectivity index (χ1v) is 10.3. The van der Waals surface area contributed by atoms with Crippen LogP contribution in [0.5, 0.6) is 5.75 Å². The van der Waals surface area contributed by atoms with Crippen molar-refractivity contribution in [1.29, 1.82) is 0 Å². The van der Waals surface area contributed by atoms with Crippen LogP contribution in [0.15, 0.2) is 35.2 Å². The number of thiophene rings is 1. The highest BCUT2D eigenvalue weighted by atomic mass is 35.5. The molecule has 2 aromatic rings. The summed E-state index contributed by atoms with van der Waals surface area (Å²) < 4.78 is 5.22. The van der Waals surface area contributed by atoms with Crippen molar-refractivity contribution in [3.8, 4) is 5.75 Å². The average molecular weight is 435 g/mol. The molecule has 1 saturated heterocycles. The van der Waals surface area contributed by atoms with E-state index in [0.717, 1.165) is 10.4 Å². The molecule has 0 bridgehead atoms. The van der Waals surface area contributed by atoms with E-state index in [1.54, 1.807) is 23.1 Å². The smallest absolute Gasteiger partial charge is 0.295 e. The van der Waals surface area contributed by atoms with Gasteiger partial charge >= 0.3 is 0 Å². The van der Waals surface area contributed by atoms with Gasteiger partial charge in [-0.1, -0.05) is 11.6 Å². The van der Waals surface area contributed by atoms with E-state index in [9.17, 15) is 14.7 Å². The fourth-order valence-corrected chi connectivity index (χ4v) is 4.56. The van der Waals surface area contributed by atoms with Gasteiger partial charge in [-0.3, -0.25) is 9.59 Å². The van der Waals surface area contributed by atoms with Crippen molar-refractivity contribution in [2.24, 2.45) is 0 Å². The molecule has 1 fully saturated rings. The van der Waals surface area contributed by atoms with Crippen LogP contribution in [0.2, 0.25) is 5.02 Å². The number of nitrogens with zero attached hydrogens (tertiary/aromatic N) is 2. The molecule has 154 valence electrons. The van der Waals surface area contributed by atoms with Gasteiger partial charge in [0.15, 0.2) is 0 Å². The van der Waals surface area contributed by atoms with Gasteiger partial charge < -0.3 is 19.6 Å². The largest absolute Gasteiger partial charge is 0.507 e. The minimum absolute atomic E-state index is 0.0867. The highest BCUT2D eigenvalue weighted by Gasteiger charge is 2.46. The zero-order valence-corrected chi connectivity index (χ0v) is 18.3. The Morgan fingerprint density at radius 1 is 1.31 bits per heavy atom. The van der Waals surface area contributed by atoms with Crippen LogP contribution in [-0.2, 0) is 9.59 Å². The summed E-state index contributed by atoms with van der Waals surface area (Å²) >= 11 is 7.55. The molecule has 1 N–H and O–H groups in total. The number of likely N-dealkylation sites (N-methyl/N-ethyl adjacent to an activating group) is 1. The molecule has 8 heteroatoms. The second-order valence-electron chi connectivity index (χ2n) is 7.11. The van der Waals surface area contributed by atoms with Crippen molar-refractivity contribution in [3.05, 3.63) is 56.2 Å². The van der Waals surface area contributed by atoms with Gasteiger partial charge in [0.1, 0.15) is 11.5 Å². The van der Waals surface area contributed by atoms with Gasteiger partial charge in [0.05, 0.1) is 23.7 Å². The Labute approximate surface area is 179 Å². The van der Waals surface area contributed by atoms with Crippen LogP contribution in [0.4, 0.5) is 0 Å². The lowest BCUT2D eigenvalue weighted by atomic mass is 9.98. The van der Waals surface area contributed by atoms with Gasteiger partial charge in [-0.25, -0.2) is 0 Å². The van der Waals surface area contributed by atoms with Crippen LogP contribution in [-0.4, -0.2) is 60.9 Å². The number of amides is 1. The molecule has 1 amide bonds. The molecule has 1 atom stereocenters. The van der Waals surface area contributed by atoms with Crippen LogP contribution < -0.4 is 4.74 Å². The number of halogens is 1. The van der Waals surface area contributed by atoms with Crippen molar-refractivity contribution in [1.82, 2.24) is 9.80 Å². The standard InChI is InChI=1S/C21H23ClN2O4S/c1-12-7-10-29-20(12)17-16(19(26)21(27)24(17)9-8-23(2)3)18(25)13-5-6-14(22)15(11-13)28-4/h5-7,10-11,17,25H,8-9H2,1-4H3/b18-16-. The first-order valence-electron chi connectivity index (χ1n) is 9.07. The number of methoxy groups -OCH3 is 1. The highest BCUT2D eigenvalue weighted by molar-refractivity contribution is 7.10. The van der Waals surface area contributed by atoms with Gasteiger partial charge in [-0.05, 0) is 56.2 Å². The number of benzene rings is 1. The number of aliphatic hydroxyl groups excluding tert-OH is 1. The van der Waals surface area contributed by atoms with E-state index in [4.69, 9.17) is 16.3 Å². The lowest BCUT2D eigenvalue weighted by Gasteiger charge is -2.26. The third-order valence-corrected chi connectivity index (χ3v) is 6.29. The van der Waals surface area contributed by atoms with Gasteiger partial charge in [0, 0.05) is 23.5 Å². The number of rotatable bonds is 6. The SMILES string of the molecule is COc1cc(/C(O)=C2/C(=O)C(=O)N(CCN(C)C)C2c2sccc2C)ccc1Cl. The zero-order valence-electron chi connectivity index (χ0n) is 16.7. The molecule has 0 spiro atoms. The fourth-order valence-electron chi connectivity index (χ4n) is 3.32. The first kappa shape index (κ1) is 21.4. The molecule has 1 aromatic carbocycles. The van der Waals surface area contributed by atoms with Crippen molar-refractivity contribution in [2.45, 2.75) is 13.0 Å². The van der Waals surface area contributed by atoms with Crippen LogP contribution in [0.3, 0.4) is 0 Å². The number of Topliss-reactive ketones (excluding diaryl/α,β-unsaturated/α-hetero) is 1. The van der Waals surface area contributed by atoms with Crippen LogP contribution in [0.25, 0.3) is 5.76 Å². The van der Waals surface area contributed by atoms with Crippen molar-refractivity contribution >= 4 is 40.4 Å². The number of ketones is 1. The summed E-state index contributed by atoms with van der Waals surface area (Å²) in [4.78, 5) is 30.1. The van der Waals surface area contributed by atoms with Crippen molar-refractivity contribution in [3.63, 3.8) is 0 Å². The van der Waals surface area contributed by atoms with Gasteiger partial charge in [-0.2, -0.15) is 0 Å². The molecule has 2 heterocycles. The summed E-state index contributed by atoms with van der Waals surface area (Å²) in [6.45, 7) is 2.91. The third kappa shape index (κ3) is 4.03. The number of ether oxygens (including phenoxy) is 1. The van der Waals surface area contributed by atoms with E-state index in [2.05, 4.69) is 0 Å². The molecule has 1 aromatic heterocycles. The summed E-state index contributed by atoms with van der Waals surface area (Å²) in [5.41, 5.74) is 1.43. The molecule has 0 aliphatic carbocycles. The summed E-state index contributed by atoms with van der Waals surface area (Å²) in [5, 5.41) is 13.4. The Morgan fingerprint density at radius 3 is 2.62 bits per heavy atom. The second-order valence-corrected chi connectivity index (χ2v) is 8.47. The molecular formula is C21H23ClN2O4S. The topological polar surface area (TPSA) is 70.1 Å². The number of aliphatic hydroxyl groups is 1. The van der Waals surface area contributed by atoms with Crippen molar-refractivity contribution in [2.75, 3.05) is 34.3 Å². The van der Waals surface area contributed by atoms with Crippen LogP contribution >= 0.6 is 22.9 Å². The molecule has 1 aliphatic heterocycles. The number of hydrogen-bond donors (Lipinski definition) is 1. The van der Waals surface area contributed by atoms with Crippen molar-refractivity contribution < 1.29 is 19.4 Å². The van der Waals surface area contributed by atoms with E-state index in [1.807, 2.05) is 37.4 Å². The lowest BCUT2D eigenvalue weighted by Crippen LogP contribution is -2.35. The minimum Gasteiger partial charge on any atom is -0.507 e. The first-order chi connectivity index (χ1) is 13.8. The van der Waals surface area contributed by atoms with Gasteiger partial charge in [0.2, 0.25) is 0 Å². The Morgan fingerprint density at radius 2 is 2.03 bits per heavy atom. The zero-order chi connectivity index (χ0) is 21.3. The summed E-state index contributed by atoms with van der Waals surface area (Å²) in [6, 6.07) is 6.06. The number of hydrogen-bond acceptors (Lipinski definition) is 6. The Balaban J connectivity index is 2.16. The monoisotopic (exact) mass is 434 g/mol. The van der Waals surface area contributed by atoms with Crippen LogP contribution in [0.1, 0.15) is 22.0 Å². The molecule has 0 radical (unpaired) electrons. The molecule has 6 nitrogen and oxygen atoms in total. The number of likely N-dealkylation sites (tertiary alicyclic amines) is 1. The molecule has 0 saturated carbocycles. The quantitative estimate of drug-likeness (QED) is 0.426. The average Bonchev–Trinajstić information content (AvgIpc) is 3.21. The predicted octanol–water partition coefficient (Wildman–Crippen LogP) is 3.70. The van der Waals surface area contributed by atoms with E-state index in [0.29, 0.717) is 29.4 Å². The van der Waals surface area contributed by atoms with Gasteiger partial charge in [-0.15, -0.1) is 11.3 Å². The predicted molar refractivity (Wildman–Crippen MR) is 115 cm³/mol. The minimum atomic E-state index is -0.687. The maximum absolute atomic E-state index is 12.9. The highest BCUT2D eigenvalue weighted by Crippen LogP contribution is 2.43. The second kappa shape index (κ2) is 8.57. The van der Waals surface area contributed by atoms with E-state index < -0.39 is 17.7 Å². The normalized spacial score (nSPS) is 18.7. The summed E-state index contributed by atoms with van der Waals surface area (Å²) in [7, 11) is 5.28. The molecule has 29 heavy (non-hydrogen) atoms. The molecule has 3 rings (SSSR count). The van der Waals surface area contributed by atoms with E-state index in [-0.39, 0.29) is 11.3 Å². The Hall–Kier alpha value is -2.35. The third-order valence-electron chi connectivity index (χ3n) is 4.90. The summed E-state index contributed by atoms with van der Waals surface area (Å²) in [6.07, 6.45) is 0. The Bertz CT molecular complexity index is 983. The Kier molecular flexibility index (Phi) is 6.31. The molecule has 1 unspecified atom stereocenters. The lowest BCUT2D eigenvalue weighted by molar-refractivity contribution is -0.140. The van der Waals surface area contributed by atoms with Crippen LogP contribution in [0, 0.1) is 6.92 Å². The maximum Gasteiger partial charge on any atom is 0.295 e. The molecular weight excluding hydrogens is 412 g/mol. The fraction of sp³-hybridized carbons (Fsp3) is 0.333. The molecule has 1 aliphatic rings. The number of aryl methyl sites for hydroxylation is 1. The van der Waals surface area contributed by atoms with E-state index >= 15 is 0 Å². The number of carbonyl (C=O) groups is 2. The van der Waals surface area contributed by atoms with Gasteiger partial charge in [0.25, 0.3) is 11.7 Å². The van der Waals surface area contributed by atoms with E-state index in [1.165, 1.54) is 18.4 Å². The summed E-state index contributed by atoms with van der Waals surface area (Å²) in [5.74, 6) is -1.15.